The average molecular weight is 438 g/mol. The lowest BCUT2D eigenvalue weighted by atomic mass is 9.87. The van der Waals surface area contributed by atoms with Gasteiger partial charge in [0.05, 0.1) is 16.5 Å². The Hall–Kier alpha value is -3.44. The van der Waals surface area contributed by atoms with Crippen LogP contribution in [-0.2, 0) is 25.8 Å². The SMILES string of the molecule is CN1C(=O)C(C)(Cc2ccccc2)N(C)C(=O)C1=Cc1cc(S(C)(=O)=O)ccc1C#N. The number of benzene rings is 2. The molecule has 0 aliphatic carbocycles. The van der Waals surface area contributed by atoms with Crippen LogP contribution < -0.4 is 0 Å². The summed E-state index contributed by atoms with van der Waals surface area (Å²) < 4.78 is 23.9. The van der Waals surface area contributed by atoms with Crippen molar-refractivity contribution in [2.75, 3.05) is 20.4 Å². The summed E-state index contributed by atoms with van der Waals surface area (Å²) in [6, 6.07) is 15.5. The highest BCUT2D eigenvalue weighted by Gasteiger charge is 2.48. The molecular formula is C23H23N3O4S. The van der Waals surface area contributed by atoms with E-state index in [1.54, 1.807) is 14.0 Å². The summed E-state index contributed by atoms with van der Waals surface area (Å²) >= 11 is 0. The number of carbonyl (C=O) groups excluding carboxylic acids is 2. The molecule has 1 atom stereocenters. The van der Waals surface area contributed by atoms with Crippen LogP contribution in [0, 0.1) is 11.3 Å². The van der Waals surface area contributed by atoms with E-state index in [0.717, 1.165) is 11.8 Å². The Kier molecular flexibility index (Phi) is 5.74. The first-order chi connectivity index (χ1) is 14.5. The number of likely N-dealkylation sites (N-methyl/N-ethyl adjacent to an activating group) is 2. The van der Waals surface area contributed by atoms with Crippen LogP contribution in [0.5, 0.6) is 0 Å². The minimum absolute atomic E-state index is 0.0258. The number of hydrogen-bond acceptors (Lipinski definition) is 5. The Morgan fingerprint density at radius 1 is 1.10 bits per heavy atom. The van der Waals surface area contributed by atoms with Crippen LogP contribution in [0.15, 0.2) is 59.1 Å². The van der Waals surface area contributed by atoms with Gasteiger partial charge in [-0.25, -0.2) is 8.42 Å². The van der Waals surface area contributed by atoms with Crippen LogP contribution in [-0.4, -0.2) is 55.9 Å². The third-order valence-electron chi connectivity index (χ3n) is 5.65. The van der Waals surface area contributed by atoms with Gasteiger partial charge in [-0.2, -0.15) is 5.26 Å². The maximum absolute atomic E-state index is 13.3. The van der Waals surface area contributed by atoms with Gasteiger partial charge in [0.25, 0.3) is 11.8 Å². The maximum Gasteiger partial charge on any atom is 0.271 e. The highest BCUT2D eigenvalue weighted by atomic mass is 32.2. The van der Waals surface area contributed by atoms with E-state index in [1.165, 1.54) is 41.1 Å². The summed E-state index contributed by atoms with van der Waals surface area (Å²) in [5.41, 5.74) is 0.367. The zero-order valence-corrected chi connectivity index (χ0v) is 18.6. The molecule has 7 nitrogen and oxygen atoms in total. The molecule has 2 amide bonds. The van der Waals surface area contributed by atoms with Crippen LogP contribution in [0.4, 0.5) is 0 Å². The van der Waals surface area contributed by atoms with Crippen LogP contribution in [0.2, 0.25) is 0 Å². The smallest absolute Gasteiger partial charge is 0.271 e. The van der Waals surface area contributed by atoms with E-state index in [9.17, 15) is 23.3 Å². The van der Waals surface area contributed by atoms with Crippen molar-refractivity contribution < 1.29 is 18.0 Å². The van der Waals surface area contributed by atoms with Crippen molar-refractivity contribution in [3.8, 4) is 6.07 Å². The average Bonchev–Trinajstić information content (AvgIpc) is 2.74. The van der Waals surface area contributed by atoms with Crippen molar-refractivity contribution in [2.24, 2.45) is 0 Å². The Bertz CT molecular complexity index is 1230. The predicted octanol–water partition coefficient (Wildman–Crippen LogP) is 2.23. The third-order valence-corrected chi connectivity index (χ3v) is 6.76. The molecule has 160 valence electrons. The fourth-order valence-corrected chi connectivity index (χ4v) is 4.30. The van der Waals surface area contributed by atoms with E-state index >= 15 is 0 Å². The molecule has 0 saturated carbocycles. The van der Waals surface area contributed by atoms with Crippen molar-refractivity contribution in [1.82, 2.24) is 9.80 Å². The van der Waals surface area contributed by atoms with Crippen molar-refractivity contribution in [2.45, 2.75) is 23.8 Å². The van der Waals surface area contributed by atoms with Crippen LogP contribution >= 0.6 is 0 Å². The lowest BCUT2D eigenvalue weighted by Crippen LogP contribution is -2.64. The van der Waals surface area contributed by atoms with Crippen molar-refractivity contribution in [3.05, 3.63) is 70.9 Å². The lowest BCUT2D eigenvalue weighted by Gasteiger charge is -2.45. The summed E-state index contributed by atoms with van der Waals surface area (Å²) in [4.78, 5) is 29.3. The van der Waals surface area contributed by atoms with Gasteiger partial charge in [0.2, 0.25) is 0 Å². The van der Waals surface area contributed by atoms with Crippen molar-refractivity contribution >= 4 is 27.7 Å². The summed E-state index contributed by atoms with van der Waals surface area (Å²) in [6.07, 6.45) is 2.81. The molecule has 2 aromatic rings. The van der Waals surface area contributed by atoms with Crippen molar-refractivity contribution in [3.63, 3.8) is 0 Å². The number of sulfone groups is 1. The molecule has 2 aromatic carbocycles. The summed E-state index contributed by atoms with van der Waals surface area (Å²) in [5.74, 6) is -0.670. The number of amides is 2. The van der Waals surface area contributed by atoms with Gasteiger partial charge >= 0.3 is 0 Å². The van der Waals surface area contributed by atoms with Gasteiger partial charge in [0, 0.05) is 26.8 Å². The third kappa shape index (κ3) is 4.09. The van der Waals surface area contributed by atoms with Gasteiger partial charge in [-0.3, -0.25) is 9.59 Å². The van der Waals surface area contributed by atoms with E-state index in [1.807, 2.05) is 36.4 Å². The first-order valence-corrected chi connectivity index (χ1v) is 11.4. The Balaban J connectivity index is 2.06. The summed E-state index contributed by atoms with van der Waals surface area (Å²) in [5, 5.41) is 9.42. The molecule has 1 aliphatic heterocycles. The van der Waals surface area contributed by atoms with Crippen LogP contribution in [0.3, 0.4) is 0 Å². The molecule has 3 rings (SSSR count). The van der Waals surface area contributed by atoms with Crippen LogP contribution in [0.1, 0.15) is 23.6 Å². The van der Waals surface area contributed by atoms with E-state index in [4.69, 9.17) is 0 Å². The molecule has 1 fully saturated rings. The number of hydrogen-bond donors (Lipinski definition) is 0. The van der Waals surface area contributed by atoms with E-state index in [0.29, 0.717) is 6.42 Å². The second-order valence-corrected chi connectivity index (χ2v) is 9.84. The largest absolute Gasteiger partial charge is 0.326 e. The van der Waals surface area contributed by atoms with E-state index in [-0.39, 0.29) is 27.6 Å². The summed E-state index contributed by atoms with van der Waals surface area (Å²) in [6.45, 7) is 1.72. The Labute approximate surface area is 182 Å². The molecule has 31 heavy (non-hydrogen) atoms. The molecule has 0 spiro atoms. The minimum atomic E-state index is -3.51. The number of nitrogens with zero attached hydrogens (tertiary/aromatic N) is 3. The van der Waals surface area contributed by atoms with Gasteiger partial charge in [-0.05, 0) is 42.3 Å². The zero-order chi connectivity index (χ0) is 23.0. The van der Waals surface area contributed by atoms with Gasteiger partial charge < -0.3 is 9.80 Å². The van der Waals surface area contributed by atoms with Gasteiger partial charge in [0.15, 0.2) is 9.84 Å². The predicted molar refractivity (Wildman–Crippen MR) is 116 cm³/mol. The molecule has 0 N–H and O–H groups in total. The molecular weight excluding hydrogens is 414 g/mol. The summed E-state index contributed by atoms with van der Waals surface area (Å²) in [7, 11) is -0.427. The molecule has 8 heteroatoms. The normalized spacial score (nSPS) is 20.8. The maximum atomic E-state index is 13.3. The first kappa shape index (κ1) is 22.2. The standard InChI is InChI=1S/C23H23N3O4S/c1-23(14-16-8-6-5-7-9-16)22(28)25(2)20(21(27)26(23)3)13-18-12-19(31(4,29)30)11-10-17(18)15-24/h5-13H,14H2,1-4H3. The molecule has 1 saturated heterocycles. The number of nitriles is 1. The molecule has 0 bridgehead atoms. The quantitative estimate of drug-likeness (QED) is 0.683. The molecule has 1 aliphatic rings. The lowest BCUT2D eigenvalue weighted by molar-refractivity contribution is -0.155. The van der Waals surface area contributed by atoms with E-state index < -0.39 is 21.3 Å². The van der Waals surface area contributed by atoms with Crippen molar-refractivity contribution in [1.29, 1.82) is 5.26 Å². The number of rotatable bonds is 4. The number of carbonyl (C=O) groups is 2. The fourth-order valence-electron chi connectivity index (χ4n) is 3.64. The zero-order valence-electron chi connectivity index (χ0n) is 17.8. The molecule has 0 aromatic heterocycles. The van der Waals surface area contributed by atoms with Gasteiger partial charge in [0.1, 0.15) is 11.2 Å². The highest BCUT2D eigenvalue weighted by molar-refractivity contribution is 7.90. The monoisotopic (exact) mass is 437 g/mol. The second-order valence-electron chi connectivity index (χ2n) is 7.83. The molecule has 0 radical (unpaired) electrons. The molecule has 1 heterocycles. The fraction of sp³-hybridized carbons (Fsp3) is 0.261. The van der Waals surface area contributed by atoms with Gasteiger partial charge in [-0.15, -0.1) is 0 Å². The minimum Gasteiger partial charge on any atom is -0.326 e. The Morgan fingerprint density at radius 3 is 2.32 bits per heavy atom. The number of piperazine rings is 1. The van der Waals surface area contributed by atoms with E-state index in [2.05, 4.69) is 0 Å². The molecule has 1 unspecified atom stereocenters. The van der Waals surface area contributed by atoms with Crippen LogP contribution in [0.25, 0.3) is 6.08 Å². The second kappa shape index (κ2) is 8.00. The Morgan fingerprint density at radius 2 is 1.74 bits per heavy atom. The first-order valence-electron chi connectivity index (χ1n) is 9.55. The highest BCUT2D eigenvalue weighted by Crippen LogP contribution is 2.31. The van der Waals surface area contributed by atoms with Gasteiger partial charge in [-0.1, -0.05) is 30.3 Å². The topological polar surface area (TPSA) is 98.6 Å².